The van der Waals surface area contributed by atoms with Gasteiger partial charge in [0, 0.05) is 23.9 Å². The monoisotopic (exact) mass is 208 g/mol. The Morgan fingerprint density at radius 2 is 2.13 bits per heavy atom. The van der Waals surface area contributed by atoms with Crippen LogP contribution >= 0.6 is 0 Å². The first-order valence-corrected chi connectivity index (χ1v) is 5.03. The van der Waals surface area contributed by atoms with Crippen LogP contribution < -0.4 is 11.1 Å². The molecule has 2 unspecified atom stereocenters. The third-order valence-corrected chi connectivity index (χ3v) is 3.25. The van der Waals surface area contributed by atoms with E-state index >= 15 is 0 Å². The van der Waals surface area contributed by atoms with Crippen LogP contribution in [0, 0.1) is 5.41 Å². The number of hydrogen-bond acceptors (Lipinski definition) is 5. The Labute approximate surface area is 88.7 Å². The molecule has 5 heteroatoms. The predicted molar refractivity (Wildman–Crippen MR) is 58.3 cm³/mol. The summed E-state index contributed by atoms with van der Waals surface area (Å²) in [5, 5.41) is 12.8. The van der Waals surface area contributed by atoms with Crippen LogP contribution in [0.3, 0.4) is 0 Å². The van der Waals surface area contributed by atoms with Gasteiger partial charge in [-0.1, -0.05) is 13.8 Å². The molecule has 0 aliphatic heterocycles. The molecule has 0 radical (unpaired) electrons. The van der Waals surface area contributed by atoms with Gasteiger partial charge in [0.2, 0.25) is 0 Å². The third-order valence-electron chi connectivity index (χ3n) is 3.25. The highest BCUT2D eigenvalue weighted by Gasteiger charge is 2.47. The summed E-state index contributed by atoms with van der Waals surface area (Å²) in [6.45, 7) is 4.04. The predicted octanol–water partition coefficient (Wildman–Crippen LogP) is 0.630. The minimum Gasteiger partial charge on any atom is -0.392 e. The molecule has 1 aromatic heterocycles. The first kappa shape index (κ1) is 10.2. The fourth-order valence-electron chi connectivity index (χ4n) is 1.77. The lowest BCUT2D eigenvalue weighted by Crippen LogP contribution is -2.57. The molecule has 5 nitrogen and oxygen atoms in total. The summed E-state index contributed by atoms with van der Waals surface area (Å²) in [5.41, 5.74) is 5.54. The molecule has 0 aromatic carbocycles. The molecule has 15 heavy (non-hydrogen) atoms. The Morgan fingerprint density at radius 1 is 1.47 bits per heavy atom. The second kappa shape index (κ2) is 3.34. The van der Waals surface area contributed by atoms with E-state index in [2.05, 4.69) is 15.3 Å². The molecule has 1 heterocycles. The van der Waals surface area contributed by atoms with Crippen LogP contribution in [-0.4, -0.2) is 27.2 Å². The lowest BCUT2D eigenvalue weighted by Gasteiger charge is -2.49. The van der Waals surface area contributed by atoms with Gasteiger partial charge in [-0.15, -0.1) is 0 Å². The number of anilines is 2. The summed E-state index contributed by atoms with van der Waals surface area (Å²) < 4.78 is 0. The molecule has 0 amide bonds. The highest BCUT2D eigenvalue weighted by atomic mass is 16.3. The number of nitrogen functional groups attached to an aromatic ring is 1. The molecular weight excluding hydrogens is 192 g/mol. The van der Waals surface area contributed by atoms with Crippen molar-refractivity contribution >= 4 is 11.6 Å². The second-order valence-corrected chi connectivity index (χ2v) is 4.56. The zero-order valence-electron chi connectivity index (χ0n) is 8.94. The fourth-order valence-corrected chi connectivity index (χ4v) is 1.77. The van der Waals surface area contributed by atoms with Crippen molar-refractivity contribution in [1.82, 2.24) is 9.97 Å². The third kappa shape index (κ3) is 1.63. The van der Waals surface area contributed by atoms with Gasteiger partial charge in [0.1, 0.15) is 0 Å². The highest BCUT2D eigenvalue weighted by Crippen LogP contribution is 2.42. The number of nitrogens with zero attached hydrogens (tertiary/aromatic N) is 2. The summed E-state index contributed by atoms with van der Waals surface area (Å²) in [4.78, 5) is 8.06. The van der Waals surface area contributed by atoms with Crippen molar-refractivity contribution in [3.63, 3.8) is 0 Å². The van der Waals surface area contributed by atoms with Gasteiger partial charge in [0.15, 0.2) is 11.6 Å². The SMILES string of the molecule is CC1(C)C(O)CC1Nc1nccnc1N. The van der Waals surface area contributed by atoms with Gasteiger partial charge in [-0.3, -0.25) is 0 Å². The zero-order valence-corrected chi connectivity index (χ0v) is 8.94. The normalized spacial score (nSPS) is 28.2. The molecule has 82 valence electrons. The van der Waals surface area contributed by atoms with E-state index in [9.17, 15) is 5.11 Å². The Morgan fingerprint density at radius 3 is 2.67 bits per heavy atom. The van der Waals surface area contributed by atoms with Crippen molar-refractivity contribution < 1.29 is 5.11 Å². The smallest absolute Gasteiger partial charge is 0.169 e. The van der Waals surface area contributed by atoms with Gasteiger partial charge in [0.05, 0.1) is 6.10 Å². The molecule has 2 atom stereocenters. The van der Waals surface area contributed by atoms with E-state index < -0.39 is 0 Å². The van der Waals surface area contributed by atoms with E-state index in [1.165, 1.54) is 0 Å². The molecule has 1 aliphatic carbocycles. The second-order valence-electron chi connectivity index (χ2n) is 4.56. The van der Waals surface area contributed by atoms with E-state index in [1.807, 2.05) is 13.8 Å². The van der Waals surface area contributed by atoms with Gasteiger partial charge in [-0.2, -0.15) is 0 Å². The van der Waals surface area contributed by atoms with E-state index in [1.54, 1.807) is 12.4 Å². The minimum absolute atomic E-state index is 0.135. The maximum atomic E-state index is 9.59. The largest absolute Gasteiger partial charge is 0.392 e. The maximum absolute atomic E-state index is 9.59. The summed E-state index contributed by atoms with van der Waals surface area (Å²) >= 11 is 0. The summed E-state index contributed by atoms with van der Waals surface area (Å²) in [7, 11) is 0. The number of rotatable bonds is 2. The number of aliphatic hydroxyl groups excluding tert-OH is 1. The van der Waals surface area contributed by atoms with Gasteiger partial charge in [-0.25, -0.2) is 9.97 Å². The van der Waals surface area contributed by atoms with Gasteiger partial charge < -0.3 is 16.2 Å². The van der Waals surface area contributed by atoms with Crippen LogP contribution in [0.5, 0.6) is 0 Å². The molecule has 4 N–H and O–H groups in total. The van der Waals surface area contributed by atoms with Gasteiger partial charge >= 0.3 is 0 Å². The van der Waals surface area contributed by atoms with E-state index in [4.69, 9.17) is 5.73 Å². The molecule has 1 aromatic rings. The Balaban J connectivity index is 2.08. The number of nitrogens with one attached hydrogen (secondary N) is 1. The maximum Gasteiger partial charge on any atom is 0.169 e. The van der Waals surface area contributed by atoms with Crippen molar-refractivity contribution in [2.24, 2.45) is 5.41 Å². The van der Waals surface area contributed by atoms with Crippen LogP contribution in [-0.2, 0) is 0 Å². The van der Waals surface area contributed by atoms with Gasteiger partial charge in [-0.05, 0) is 6.42 Å². The molecule has 0 bridgehead atoms. The molecule has 1 saturated carbocycles. The quantitative estimate of drug-likeness (QED) is 0.664. The Bertz CT molecular complexity index is 366. The van der Waals surface area contributed by atoms with E-state index in [0.717, 1.165) is 6.42 Å². The Kier molecular flexibility index (Phi) is 2.26. The lowest BCUT2D eigenvalue weighted by molar-refractivity contribution is -0.0511. The molecule has 1 fully saturated rings. The summed E-state index contributed by atoms with van der Waals surface area (Å²) in [5.74, 6) is 0.997. The van der Waals surface area contributed by atoms with Crippen molar-refractivity contribution in [2.75, 3.05) is 11.1 Å². The average molecular weight is 208 g/mol. The van der Waals surface area contributed by atoms with Crippen molar-refractivity contribution in [3.8, 4) is 0 Å². The van der Waals surface area contributed by atoms with Crippen LogP contribution in [0.2, 0.25) is 0 Å². The molecule has 2 rings (SSSR count). The Hall–Kier alpha value is -1.36. The van der Waals surface area contributed by atoms with E-state index in [0.29, 0.717) is 11.6 Å². The van der Waals surface area contributed by atoms with Crippen LogP contribution in [0.15, 0.2) is 12.4 Å². The minimum atomic E-state index is -0.257. The standard InChI is InChI=1S/C10H16N4O/c1-10(2)6(5-7(10)15)14-9-8(11)12-3-4-13-9/h3-4,6-7,15H,5H2,1-2H3,(H2,11,12)(H,13,14). The van der Waals surface area contributed by atoms with Crippen molar-refractivity contribution in [1.29, 1.82) is 0 Å². The van der Waals surface area contributed by atoms with Crippen molar-refractivity contribution in [2.45, 2.75) is 32.4 Å². The topological polar surface area (TPSA) is 84.1 Å². The number of hydrogen-bond donors (Lipinski definition) is 3. The molecule has 0 spiro atoms. The molecule has 1 aliphatic rings. The van der Waals surface area contributed by atoms with Crippen LogP contribution in [0.4, 0.5) is 11.6 Å². The molecule has 0 saturated heterocycles. The lowest BCUT2D eigenvalue weighted by atomic mass is 9.64. The first-order valence-electron chi connectivity index (χ1n) is 5.03. The van der Waals surface area contributed by atoms with Crippen LogP contribution in [0.1, 0.15) is 20.3 Å². The van der Waals surface area contributed by atoms with Crippen molar-refractivity contribution in [3.05, 3.63) is 12.4 Å². The first-order chi connectivity index (χ1) is 7.01. The molecular formula is C10H16N4O. The highest BCUT2D eigenvalue weighted by molar-refractivity contribution is 5.56. The summed E-state index contributed by atoms with van der Waals surface area (Å²) in [6, 6.07) is 0.200. The number of nitrogens with two attached hydrogens (primary N) is 1. The van der Waals surface area contributed by atoms with Crippen LogP contribution in [0.25, 0.3) is 0 Å². The van der Waals surface area contributed by atoms with Gasteiger partial charge in [0.25, 0.3) is 0 Å². The zero-order chi connectivity index (χ0) is 11.1. The van der Waals surface area contributed by atoms with E-state index in [-0.39, 0.29) is 17.6 Å². The fraction of sp³-hybridized carbons (Fsp3) is 0.600. The number of aromatic nitrogens is 2. The summed E-state index contributed by atoms with van der Waals surface area (Å²) in [6.07, 6.45) is 3.62. The average Bonchev–Trinajstić information content (AvgIpc) is 2.20. The number of aliphatic hydroxyl groups is 1.